The quantitative estimate of drug-likeness (QED) is 0.650. The number of cyclic esters (lactones) is 1. The minimum atomic E-state index is -0.366. The molecule has 0 bridgehead atoms. The molecular weight excluding hydrogens is 194 g/mol. The van der Waals surface area contributed by atoms with Crippen molar-refractivity contribution in [2.75, 3.05) is 14.1 Å². The van der Waals surface area contributed by atoms with Crippen molar-refractivity contribution in [2.24, 2.45) is 0 Å². The van der Waals surface area contributed by atoms with E-state index in [2.05, 4.69) is 10.2 Å². The molecule has 1 atom stereocenters. The maximum atomic E-state index is 11.2. The highest BCUT2D eigenvalue weighted by atomic mass is 16.6. The fourth-order valence-electron chi connectivity index (χ4n) is 1.45. The molecule has 2 heterocycles. The molecule has 1 aliphatic heterocycles. The van der Waals surface area contributed by atoms with Crippen molar-refractivity contribution in [1.29, 1.82) is 0 Å². The van der Waals surface area contributed by atoms with Gasteiger partial charge in [-0.15, -0.1) is 0 Å². The summed E-state index contributed by atoms with van der Waals surface area (Å²) in [6.45, 7) is 0. The lowest BCUT2D eigenvalue weighted by Gasteiger charge is -2.20. The third-order valence-electron chi connectivity index (χ3n) is 2.10. The van der Waals surface area contributed by atoms with Crippen LogP contribution in [-0.2, 0) is 9.53 Å². The van der Waals surface area contributed by atoms with E-state index in [1.165, 1.54) is 6.08 Å². The van der Waals surface area contributed by atoms with E-state index >= 15 is 0 Å². The van der Waals surface area contributed by atoms with Crippen molar-refractivity contribution in [1.82, 2.24) is 15.1 Å². The molecule has 0 aromatic carbocycles. The highest BCUT2D eigenvalue weighted by Gasteiger charge is 2.29. The Balaban J connectivity index is 2.35. The second kappa shape index (κ2) is 3.78. The molecule has 0 amide bonds. The molecule has 5 heteroatoms. The zero-order valence-electron chi connectivity index (χ0n) is 8.54. The molecule has 0 radical (unpaired) electrons. The van der Waals surface area contributed by atoms with Crippen molar-refractivity contribution in [2.45, 2.75) is 6.23 Å². The summed E-state index contributed by atoms with van der Waals surface area (Å²) in [5, 5.41) is 7.72. The normalized spacial score (nSPS) is 20.3. The van der Waals surface area contributed by atoms with E-state index in [1.807, 2.05) is 19.0 Å². The van der Waals surface area contributed by atoms with Gasteiger partial charge < -0.3 is 4.74 Å². The summed E-state index contributed by atoms with van der Waals surface area (Å²) >= 11 is 0. The summed E-state index contributed by atoms with van der Waals surface area (Å²) in [7, 11) is 3.68. The largest absolute Gasteiger partial charge is 0.439 e. The first-order chi connectivity index (χ1) is 7.18. The molecule has 0 saturated heterocycles. The maximum Gasteiger partial charge on any atom is 0.333 e. The van der Waals surface area contributed by atoms with Gasteiger partial charge in [-0.3, -0.25) is 4.90 Å². The molecule has 0 saturated carbocycles. The highest BCUT2D eigenvalue weighted by molar-refractivity contribution is 5.96. The van der Waals surface area contributed by atoms with E-state index in [9.17, 15) is 4.79 Å². The average molecular weight is 205 g/mol. The summed E-state index contributed by atoms with van der Waals surface area (Å²) in [6.07, 6.45) is 2.68. The molecule has 78 valence electrons. The predicted molar refractivity (Wildman–Crippen MR) is 53.6 cm³/mol. The lowest BCUT2D eigenvalue weighted by molar-refractivity contribution is -0.143. The number of likely N-dealkylation sites (N-methyl/N-ethyl adjacent to an activating group) is 1. The third-order valence-corrected chi connectivity index (χ3v) is 2.10. The molecule has 0 spiro atoms. The van der Waals surface area contributed by atoms with E-state index in [4.69, 9.17) is 4.74 Å². The molecule has 1 unspecified atom stereocenters. The maximum absolute atomic E-state index is 11.2. The van der Waals surface area contributed by atoms with Crippen LogP contribution >= 0.6 is 0 Å². The molecule has 1 aromatic heterocycles. The first-order valence-corrected chi connectivity index (χ1v) is 4.55. The molecule has 15 heavy (non-hydrogen) atoms. The average Bonchev–Trinajstić information content (AvgIpc) is 2.62. The standard InChI is InChI=1S/C10H11N3O2/c1-13(2)10-7(6-9(14)15-10)8-4-3-5-11-12-8/h3-6,10H,1-2H3. The van der Waals surface area contributed by atoms with Gasteiger partial charge in [-0.25, -0.2) is 4.79 Å². The van der Waals surface area contributed by atoms with Crippen LogP contribution in [0, 0.1) is 0 Å². The van der Waals surface area contributed by atoms with Gasteiger partial charge in [-0.2, -0.15) is 10.2 Å². The summed E-state index contributed by atoms with van der Waals surface area (Å²) in [4.78, 5) is 13.0. The van der Waals surface area contributed by atoms with Gasteiger partial charge in [0.1, 0.15) is 0 Å². The van der Waals surface area contributed by atoms with Crippen molar-refractivity contribution in [3.05, 3.63) is 30.1 Å². The summed E-state index contributed by atoms with van der Waals surface area (Å²) in [6, 6.07) is 3.58. The fourth-order valence-corrected chi connectivity index (χ4v) is 1.45. The van der Waals surface area contributed by atoms with Crippen LogP contribution in [0.2, 0.25) is 0 Å². The number of hydrogen-bond acceptors (Lipinski definition) is 5. The lowest BCUT2D eigenvalue weighted by Crippen LogP contribution is -2.29. The van der Waals surface area contributed by atoms with Crippen LogP contribution in [0.3, 0.4) is 0 Å². The Morgan fingerprint density at radius 2 is 2.27 bits per heavy atom. The SMILES string of the molecule is CN(C)C1OC(=O)C=C1c1cccnn1. The Morgan fingerprint density at radius 3 is 2.87 bits per heavy atom. The van der Waals surface area contributed by atoms with Crippen LogP contribution in [0.5, 0.6) is 0 Å². The molecule has 0 fully saturated rings. The minimum absolute atomic E-state index is 0.339. The van der Waals surface area contributed by atoms with Gasteiger partial charge in [0.2, 0.25) is 0 Å². The zero-order valence-corrected chi connectivity index (χ0v) is 8.54. The second-order valence-electron chi connectivity index (χ2n) is 3.46. The van der Waals surface area contributed by atoms with Crippen LogP contribution in [0.25, 0.3) is 5.57 Å². The molecule has 1 aromatic rings. The van der Waals surface area contributed by atoms with Crippen LogP contribution in [0.15, 0.2) is 24.4 Å². The van der Waals surface area contributed by atoms with E-state index in [-0.39, 0.29) is 12.2 Å². The topological polar surface area (TPSA) is 55.3 Å². The second-order valence-corrected chi connectivity index (χ2v) is 3.46. The first-order valence-electron chi connectivity index (χ1n) is 4.55. The van der Waals surface area contributed by atoms with Gasteiger partial charge in [-0.1, -0.05) is 0 Å². The number of nitrogens with zero attached hydrogens (tertiary/aromatic N) is 3. The molecule has 0 N–H and O–H groups in total. The Labute approximate surface area is 87.4 Å². The monoisotopic (exact) mass is 205 g/mol. The van der Waals surface area contributed by atoms with Crippen molar-refractivity contribution in [3.8, 4) is 0 Å². The number of ether oxygens (including phenoxy) is 1. The van der Waals surface area contributed by atoms with Gasteiger partial charge >= 0.3 is 5.97 Å². The van der Waals surface area contributed by atoms with E-state index in [0.29, 0.717) is 5.69 Å². The summed E-state index contributed by atoms with van der Waals surface area (Å²) in [5.41, 5.74) is 1.42. The number of aromatic nitrogens is 2. The van der Waals surface area contributed by atoms with Crippen molar-refractivity contribution >= 4 is 11.5 Å². The van der Waals surface area contributed by atoms with Crippen LogP contribution in [0.4, 0.5) is 0 Å². The Morgan fingerprint density at radius 1 is 1.47 bits per heavy atom. The van der Waals surface area contributed by atoms with E-state index < -0.39 is 0 Å². The minimum Gasteiger partial charge on any atom is -0.439 e. The Kier molecular flexibility index (Phi) is 2.47. The van der Waals surface area contributed by atoms with Crippen molar-refractivity contribution in [3.63, 3.8) is 0 Å². The van der Waals surface area contributed by atoms with E-state index in [1.54, 1.807) is 18.3 Å². The molecule has 0 aliphatic carbocycles. The number of hydrogen-bond donors (Lipinski definition) is 0. The first kappa shape index (κ1) is 9.79. The number of esters is 1. The Bertz CT molecular complexity index is 400. The van der Waals surface area contributed by atoms with Gasteiger partial charge in [0.15, 0.2) is 6.23 Å². The smallest absolute Gasteiger partial charge is 0.333 e. The molecule has 1 aliphatic rings. The fraction of sp³-hybridized carbons (Fsp3) is 0.300. The number of carbonyl (C=O) groups is 1. The van der Waals surface area contributed by atoms with Gasteiger partial charge in [0.25, 0.3) is 0 Å². The predicted octanol–water partition coefficient (Wildman–Crippen LogP) is 0.304. The number of rotatable bonds is 2. The molecular formula is C10H11N3O2. The Hall–Kier alpha value is -1.75. The van der Waals surface area contributed by atoms with Crippen LogP contribution < -0.4 is 0 Å². The van der Waals surface area contributed by atoms with Crippen molar-refractivity contribution < 1.29 is 9.53 Å². The van der Waals surface area contributed by atoms with Gasteiger partial charge in [0.05, 0.1) is 5.69 Å². The highest BCUT2D eigenvalue weighted by Crippen LogP contribution is 2.25. The lowest BCUT2D eigenvalue weighted by atomic mass is 10.1. The number of carbonyl (C=O) groups excluding carboxylic acids is 1. The summed E-state index contributed by atoms with van der Waals surface area (Å²) in [5.74, 6) is -0.339. The third kappa shape index (κ3) is 1.87. The molecule has 5 nitrogen and oxygen atoms in total. The summed E-state index contributed by atoms with van der Waals surface area (Å²) < 4.78 is 5.12. The van der Waals surface area contributed by atoms with Crippen LogP contribution in [-0.4, -0.2) is 41.4 Å². The van der Waals surface area contributed by atoms with E-state index in [0.717, 1.165) is 5.57 Å². The van der Waals surface area contributed by atoms with Gasteiger partial charge in [-0.05, 0) is 26.2 Å². The zero-order chi connectivity index (χ0) is 10.8. The van der Waals surface area contributed by atoms with Crippen LogP contribution in [0.1, 0.15) is 5.69 Å². The van der Waals surface area contributed by atoms with Gasteiger partial charge in [0, 0.05) is 17.8 Å². The molecule has 2 rings (SSSR count).